The topological polar surface area (TPSA) is 24.1 Å². The van der Waals surface area contributed by atoms with Gasteiger partial charge in [-0.15, -0.1) is 0 Å². The van der Waals surface area contributed by atoms with Crippen LogP contribution in [0.5, 0.6) is 0 Å². The molecule has 0 aliphatic heterocycles. The lowest BCUT2D eigenvalue weighted by Crippen LogP contribution is -2.32. The van der Waals surface area contributed by atoms with Crippen molar-refractivity contribution < 1.29 is 0 Å². The van der Waals surface area contributed by atoms with Gasteiger partial charge in [0.05, 0.1) is 6.04 Å². The van der Waals surface area contributed by atoms with Gasteiger partial charge in [-0.2, -0.15) is 0 Å². The fourth-order valence-corrected chi connectivity index (χ4v) is 2.74. The summed E-state index contributed by atoms with van der Waals surface area (Å²) in [5.74, 6) is 0. The van der Waals surface area contributed by atoms with E-state index in [9.17, 15) is 0 Å². The summed E-state index contributed by atoms with van der Waals surface area (Å²) in [5, 5.41) is 7.33. The smallest absolute Gasteiger partial charge is 0.171 e. The van der Waals surface area contributed by atoms with Crippen LogP contribution < -0.4 is 10.6 Å². The van der Waals surface area contributed by atoms with Crippen molar-refractivity contribution >= 4 is 23.0 Å². The second-order valence-electron chi connectivity index (χ2n) is 5.35. The molecule has 0 saturated carbocycles. The fraction of sp³-hybridized carbons (Fsp3) is 0.278. The highest BCUT2D eigenvalue weighted by Gasteiger charge is 2.10. The summed E-state index contributed by atoms with van der Waals surface area (Å²) in [4.78, 5) is 0. The number of hydrogen-bond donors (Lipinski definition) is 2. The molecular formula is C18H22N2S. The van der Waals surface area contributed by atoms with Crippen LogP contribution in [0.4, 0.5) is 5.69 Å². The first-order valence-electron chi connectivity index (χ1n) is 7.29. The highest BCUT2D eigenvalue weighted by Crippen LogP contribution is 2.17. The Bertz CT molecular complexity index is 588. The molecule has 0 aromatic heterocycles. The lowest BCUT2D eigenvalue weighted by molar-refractivity contribution is 0.629. The zero-order valence-electron chi connectivity index (χ0n) is 12.8. The van der Waals surface area contributed by atoms with Gasteiger partial charge in [-0.05, 0) is 61.3 Å². The summed E-state index contributed by atoms with van der Waals surface area (Å²) in [7, 11) is 0. The zero-order chi connectivity index (χ0) is 15.2. The van der Waals surface area contributed by atoms with Gasteiger partial charge in [-0.25, -0.2) is 0 Å². The first kappa shape index (κ1) is 15.5. The summed E-state index contributed by atoms with van der Waals surface area (Å²) < 4.78 is 0. The first-order valence-corrected chi connectivity index (χ1v) is 7.70. The van der Waals surface area contributed by atoms with Crippen molar-refractivity contribution in [2.24, 2.45) is 0 Å². The highest BCUT2D eigenvalue weighted by molar-refractivity contribution is 7.80. The van der Waals surface area contributed by atoms with E-state index in [1.54, 1.807) is 0 Å². The van der Waals surface area contributed by atoms with Gasteiger partial charge in [0.25, 0.3) is 0 Å². The Morgan fingerprint density at radius 1 is 1.05 bits per heavy atom. The summed E-state index contributed by atoms with van der Waals surface area (Å²) in [5.41, 5.74) is 4.75. The summed E-state index contributed by atoms with van der Waals surface area (Å²) >= 11 is 5.44. The van der Waals surface area contributed by atoms with E-state index in [4.69, 9.17) is 12.2 Å². The maximum Gasteiger partial charge on any atom is 0.171 e. The Balaban J connectivity index is 2.03. The number of thiocarbonyl (C=S) groups is 1. The molecule has 1 unspecified atom stereocenters. The van der Waals surface area contributed by atoms with Crippen LogP contribution in [0.25, 0.3) is 0 Å². The van der Waals surface area contributed by atoms with Crippen molar-refractivity contribution in [3.8, 4) is 0 Å². The van der Waals surface area contributed by atoms with Crippen molar-refractivity contribution in [1.29, 1.82) is 0 Å². The van der Waals surface area contributed by atoms with Crippen LogP contribution >= 0.6 is 12.2 Å². The number of benzene rings is 2. The molecule has 0 aliphatic carbocycles. The van der Waals surface area contributed by atoms with E-state index in [2.05, 4.69) is 73.9 Å². The molecule has 21 heavy (non-hydrogen) atoms. The number of nitrogens with one attached hydrogen (secondary N) is 2. The van der Waals surface area contributed by atoms with Crippen molar-refractivity contribution in [1.82, 2.24) is 5.32 Å². The standard InChI is InChI=1S/C18H22N2S/c1-4-17(15-8-6-5-7-9-15)20-18(21)19-16-11-13(2)10-14(3)12-16/h5-12,17H,4H2,1-3H3,(H2,19,20,21). The minimum Gasteiger partial charge on any atom is -0.356 e. The van der Waals surface area contributed by atoms with Crippen molar-refractivity contribution in [3.63, 3.8) is 0 Å². The molecule has 2 aromatic carbocycles. The van der Waals surface area contributed by atoms with Gasteiger partial charge < -0.3 is 10.6 Å². The second kappa shape index (κ2) is 7.23. The van der Waals surface area contributed by atoms with Gasteiger partial charge in [-0.3, -0.25) is 0 Å². The molecule has 2 aromatic rings. The summed E-state index contributed by atoms with van der Waals surface area (Å²) in [6.07, 6.45) is 0.985. The normalized spacial score (nSPS) is 11.8. The molecule has 0 spiro atoms. The SMILES string of the molecule is CCC(NC(=S)Nc1cc(C)cc(C)c1)c1ccccc1. The van der Waals surface area contributed by atoms with Crippen molar-refractivity contribution in [2.45, 2.75) is 33.2 Å². The fourth-order valence-electron chi connectivity index (χ4n) is 2.48. The zero-order valence-corrected chi connectivity index (χ0v) is 13.6. The predicted molar refractivity (Wildman–Crippen MR) is 94.7 cm³/mol. The molecule has 110 valence electrons. The minimum absolute atomic E-state index is 0.233. The lowest BCUT2D eigenvalue weighted by Gasteiger charge is -2.20. The molecule has 0 radical (unpaired) electrons. The summed E-state index contributed by atoms with van der Waals surface area (Å²) in [6, 6.07) is 17.0. The van der Waals surface area contributed by atoms with E-state index in [1.807, 2.05) is 6.07 Å². The first-order chi connectivity index (χ1) is 10.1. The van der Waals surface area contributed by atoms with Crippen LogP contribution in [-0.2, 0) is 0 Å². The maximum absolute atomic E-state index is 5.44. The van der Waals surface area contributed by atoms with E-state index in [0.717, 1.165) is 12.1 Å². The van der Waals surface area contributed by atoms with Crippen molar-refractivity contribution in [2.75, 3.05) is 5.32 Å². The van der Waals surface area contributed by atoms with E-state index >= 15 is 0 Å². The minimum atomic E-state index is 0.233. The monoisotopic (exact) mass is 298 g/mol. The van der Waals surface area contributed by atoms with Gasteiger partial charge in [0.2, 0.25) is 0 Å². The van der Waals surface area contributed by atoms with E-state index in [1.165, 1.54) is 16.7 Å². The Labute approximate surface area is 132 Å². The Hall–Kier alpha value is -1.87. The number of rotatable bonds is 4. The number of hydrogen-bond acceptors (Lipinski definition) is 1. The van der Waals surface area contributed by atoms with E-state index < -0.39 is 0 Å². The second-order valence-corrected chi connectivity index (χ2v) is 5.75. The quantitative estimate of drug-likeness (QED) is 0.797. The molecule has 1 atom stereocenters. The molecule has 3 heteroatoms. The molecule has 2 N–H and O–H groups in total. The Kier molecular flexibility index (Phi) is 5.34. The highest BCUT2D eigenvalue weighted by atomic mass is 32.1. The van der Waals surface area contributed by atoms with E-state index in [-0.39, 0.29) is 6.04 Å². The molecule has 0 amide bonds. The third-order valence-electron chi connectivity index (χ3n) is 3.40. The average molecular weight is 298 g/mol. The number of anilines is 1. The largest absolute Gasteiger partial charge is 0.356 e. The van der Waals surface area contributed by atoms with E-state index in [0.29, 0.717) is 5.11 Å². The van der Waals surface area contributed by atoms with Gasteiger partial charge in [0.15, 0.2) is 5.11 Å². The molecule has 2 nitrogen and oxygen atoms in total. The van der Waals surface area contributed by atoms with Crippen LogP contribution in [0, 0.1) is 13.8 Å². The molecule has 0 fully saturated rings. The molecular weight excluding hydrogens is 276 g/mol. The number of aryl methyl sites for hydroxylation is 2. The third-order valence-corrected chi connectivity index (χ3v) is 3.61. The molecule has 0 aliphatic rings. The molecule has 0 bridgehead atoms. The van der Waals surface area contributed by atoms with Crippen LogP contribution in [0.2, 0.25) is 0 Å². The van der Waals surface area contributed by atoms with Gasteiger partial charge in [-0.1, -0.05) is 43.3 Å². The van der Waals surface area contributed by atoms with Crippen molar-refractivity contribution in [3.05, 3.63) is 65.2 Å². The Morgan fingerprint density at radius 3 is 2.24 bits per heavy atom. The van der Waals surface area contributed by atoms with Crippen LogP contribution in [0.15, 0.2) is 48.5 Å². The average Bonchev–Trinajstić information content (AvgIpc) is 2.44. The van der Waals surface area contributed by atoms with Crippen LogP contribution in [0.1, 0.15) is 36.1 Å². The van der Waals surface area contributed by atoms with Gasteiger partial charge >= 0.3 is 0 Å². The molecule has 0 heterocycles. The molecule has 0 saturated heterocycles. The molecule has 2 rings (SSSR count). The van der Waals surface area contributed by atoms with Crippen LogP contribution in [0.3, 0.4) is 0 Å². The Morgan fingerprint density at radius 2 is 1.67 bits per heavy atom. The van der Waals surface area contributed by atoms with Gasteiger partial charge in [0, 0.05) is 5.69 Å². The maximum atomic E-state index is 5.44. The third kappa shape index (κ3) is 4.57. The van der Waals surface area contributed by atoms with Gasteiger partial charge in [0.1, 0.15) is 0 Å². The summed E-state index contributed by atoms with van der Waals surface area (Å²) in [6.45, 7) is 6.34. The van der Waals surface area contributed by atoms with Crippen LogP contribution in [-0.4, -0.2) is 5.11 Å². The lowest BCUT2D eigenvalue weighted by atomic mass is 10.1. The predicted octanol–water partition coefficient (Wildman–Crippen LogP) is 4.74.